The van der Waals surface area contributed by atoms with Gasteiger partial charge in [-0.2, -0.15) is 0 Å². The molecule has 0 aliphatic heterocycles. The number of carbonyl (C=O) groups excluding carboxylic acids is 2. The third-order valence-electron chi connectivity index (χ3n) is 4.95. The minimum atomic E-state index is -0.383. The standard InChI is InChI=1S/C26H36FN3O3/c1-6-33-23-13-9-21(10-14-23)29-25(32)30(22-11-7-20(27)8-12-22)16-15-28-24(31)17-19(2)18-26(3,4)5/h7-14,19H,6,15-18H2,1-5H3,(H,28,31)(H,29,32). The van der Waals surface area contributed by atoms with Crippen LogP contribution in [0.1, 0.15) is 47.5 Å². The lowest BCUT2D eigenvalue weighted by molar-refractivity contribution is -0.122. The minimum absolute atomic E-state index is 0.0438. The predicted molar refractivity (Wildman–Crippen MR) is 131 cm³/mol. The van der Waals surface area contributed by atoms with E-state index in [0.29, 0.717) is 30.2 Å². The molecule has 0 aliphatic rings. The molecule has 0 spiro atoms. The molecule has 1 atom stereocenters. The average molecular weight is 458 g/mol. The van der Waals surface area contributed by atoms with Gasteiger partial charge in [-0.1, -0.05) is 27.7 Å². The molecule has 0 radical (unpaired) electrons. The summed E-state index contributed by atoms with van der Waals surface area (Å²) in [5.41, 5.74) is 1.31. The van der Waals surface area contributed by atoms with Crippen molar-refractivity contribution in [3.8, 4) is 5.75 Å². The monoisotopic (exact) mass is 457 g/mol. The smallest absolute Gasteiger partial charge is 0.326 e. The third kappa shape index (κ3) is 9.51. The summed E-state index contributed by atoms with van der Waals surface area (Å²) in [7, 11) is 0. The van der Waals surface area contributed by atoms with Crippen molar-refractivity contribution < 1.29 is 18.7 Å². The molecule has 6 nitrogen and oxygen atoms in total. The Morgan fingerprint density at radius 2 is 1.70 bits per heavy atom. The van der Waals surface area contributed by atoms with E-state index in [1.54, 1.807) is 36.4 Å². The summed E-state index contributed by atoms with van der Waals surface area (Å²) in [4.78, 5) is 26.8. The van der Waals surface area contributed by atoms with Crippen LogP contribution in [0.3, 0.4) is 0 Å². The number of halogens is 1. The van der Waals surface area contributed by atoms with Crippen molar-refractivity contribution in [1.29, 1.82) is 0 Å². The number of rotatable bonds is 10. The minimum Gasteiger partial charge on any atom is -0.494 e. The highest BCUT2D eigenvalue weighted by Gasteiger charge is 2.19. The molecule has 2 aromatic carbocycles. The zero-order valence-electron chi connectivity index (χ0n) is 20.3. The van der Waals surface area contributed by atoms with E-state index < -0.39 is 0 Å². The maximum atomic E-state index is 13.4. The van der Waals surface area contributed by atoms with E-state index in [1.807, 2.05) is 6.92 Å². The first kappa shape index (κ1) is 26.2. The third-order valence-corrected chi connectivity index (χ3v) is 4.95. The van der Waals surface area contributed by atoms with Gasteiger partial charge in [-0.05, 0) is 73.2 Å². The van der Waals surface area contributed by atoms with Crippen LogP contribution in [0.2, 0.25) is 0 Å². The molecule has 0 bridgehead atoms. The molecule has 2 aromatic rings. The van der Waals surface area contributed by atoms with Crippen molar-refractivity contribution in [2.24, 2.45) is 11.3 Å². The number of hydrogen-bond donors (Lipinski definition) is 2. The highest BCUT2D eigenvalue weighted by Crippen LogP contribution is 2.25. The molecule has 7 heteroatoms. The first-order valence-electron chi connectivity index (χ1n) is 11.4. The quantitative estimate of drug-likeness (QED) is 0.471. The van der Waals surface area contributed by atoms with E-state index in [-0.39, 0.29) is 42.2 Å². The van der Waals surface area contributed by atoms with E-state index in [4.69, 9.17) is 4.74 Å². The van der Waals surface area contributed by atoms with E-state index in [1.165, 1.54) is 17.0 Å². The molecule has 180 valence electrons. The second kappa shape index (κ2) is 12.2. The zero-order chi connectivity index (χ0) is 24.4. The fourth-order valence-corrected chi connectivity index (χ4v) is 3.77. The van der Waals surface area contributed by atoms with Crippen LogP contribution in [0.25, 0.3) is 0 Å². The first-order valence-corrected chi connectivity index (χ1v) is 11.4. The maximum absolute atomic E-state index is 13.4. The number of ether oxygens (including phenoxy) is 1. The van der Waals surface area contributed by atoms with Gasteiger partial charge in [0.05, 0.1) is 6.61 Å². The highest BCUT2D eigenvalue weighted by atomic mass is 19.1. The van der Waals surface area contributed by atoms with Crippen molar-refractivity contribution in [2.45, 2.75) is 47.5 Å². The van der Waals surface area contributed by atoms with Crippen molar-refractivity contribution >= 4 is 23.3 Å². The molecular weight excluding hydrogens is 421 g/mol. The second-order valence-electron chi connectivity index (χ2n) is 9.44. The molecule has 1 unspecified atom stereocenters. The van der Waals surface area contributed by atoms with Crippen LogP contribution in [0.5, 0.6) is 5.75 Å². The van der Waals surface area contributed by atoms with Crippen molar-refractivity contribution in [2.75, 3.05) is 29.9 Å². The van der Waals surface area contributed by atoms with Crippen molar-refractivity contribution in [1.82, 2.24) is 5.32 Å². The van der Waals surface area contributed by atoms with Crippen LogP contribution in [0, 0.1) is 17.2 Å². The topological polar surface area (TPSA) is 70.7 Å². The lowest BCUT2D eigenvalue weighted by Crippen LogP contribution is -2.41. The van der Waals surface area contributed by atoms with E-state index in [9.17, 15) is 14.0 Å². The molecular formula is C26H36FN3O3. The Morgan fingerprint density at radius 1 is 1.06 bits per heavy atom. The van der Waals surface area contributed by atoms with Gasteiger partial charge in [-0.3, -0.25) is 9.69 Å². The largest absolute Gasteiger partial charge is 0.494 e. The van der Waals surface area contributed by atoms with Gasteiger partial charge in [0.15, 0.2) is 0 Å². The van der Waals surface area contributed by atoms with Crippen LogP contribution in [0.15, 0.2) is 48.5 Å². The van der Waals surface area contributed by atoms with E-state index in [0.717, 1.165) is 6.42 Å². The molecule has 2 N–H and O–H groups in total. The SMILES string of the molecule is CCOc1ccc(NC(=O)N(CCNC(=O)CC(C)CC(C)(C)C)c2ccc(F)cc2)cc1. The molecule has 0 saturated carbocycles. The van der Waals surface area contributed by atoms with Gasteiger partial charge in [0.1, 0.15) is 11.6 Å². The van der Waals surface area contributed by atoms with Gasteiger partial charge >= 0.3 is 6.03 Å². The highest BCUT2D eigenvalue weighted by molar-refractivity contribution is 6.01. The number of nitrogens with one attached hydrogen (secondary N) is 2. The van der Waals surface area contributed by atoms with Gasteiger partial charge in [0.25, 0.3) is 0 Å². The number of amides is 3. The maximum Gasteiger partial charge on any atom is 0.326 e. The Morgan fingerprint density at radius 3 is 2.27 bits per heavy atom. The number of hydrogen-bond acceptors (Lipinski definition) is 3. The summed E-state index contributed by atoms with van der Waals surface area (Å²) in [5, 5.41) is 5.75. The van der Waals surface area contributed by atoms with Gasteiger partial charge in [-0.25, -0.2) is 9.18 Å². The molecule has 2 rings (SSSR count). The number of anilines is 2. The van der Waals surface area contributed by atoms with E-state index >= 15 is 0 Å². The van der Waals surface area contributed by atoms with Crippen molar-refractivity contribution in [3.05, 3.63) is 54.3 Å². The van der Waals surface area contributed by atoms with Gasteiger partial charge < -0.3 is 15.4 Å². The van der Waals surface area contributed by atoms with Gasteiger partial charge in [0.2, 0.25) is 5.91 Å². The van der Waals surface area contributed by atoms with Crippen LogP contribution in [-0.4, -0.2) is 31.6 Å². The molecule has 3 amide bonds. The normalized spacial score (nSPS) is 12.1. The summed E-state index contributed by atoms with van der Waals surface area (Å²) in [6.45, 7) is 11.5. The Hall–Kier alpha value is -3.09. The second-order valence-corrected chi connectivity index (χ2v) is 9.44. The summed E-state index contributed by atoms with van der Waals surface area (Å²) < 4.78 is 18.8. The molecule has 0 aromatic heterocycles. The Balaban J connectivity index is 2.00. The lowest BCUT2D eigenvalue weighted by Gasteiger charge is -2.24. The van der Waals surface area contributed by atoms with Gasteiger partial charge in [0, 0.05) is 30.9 Å². The van der Waals surface area contributed by atoms with Crippen molar-refractivity contribution in [3.63, 3.8) is 0 Å². The molecule has 0 fully saturated rings. The molecule has 33 heavy (non-hydrogen) atoms. The number of benzene rings is 2. The molecule has 0 aliphatic carbocycles. The van der Waals surface area contributed by atoms with Crippen LogP contribution >= 0.6 is 0 Å². The summed E-state index contributed by atoms with van der Waals surface area (Å²) in [5.74, 6) is 0.555. The fraction of sp³-hybridized carbons (Fsp3) is 0.462. The first-order chi connectivity index (χ1) is 15.6. The fourth-order valence-electron chi connectivity index (χ4n) is 3.77. The summed E-state index contributed by atoms with van der Waals surface area (Å²) >= 11 is 0. The Labute approximate surface area is 196 Å². The number of nitrogens with zero attached hydrogens (tertiary/aromatic N) is 1. The number of urea groups is 1. The Kier molecular flexibility index (Phi) is 9.70. The number of carbonyl (C=O) groups is 2. The lowest BCUT2D eigenvalue weighted by atomic mass is 9.84. The van der Waals surface area contributed by atoms with E-state index in [2.05, 4.69) is 38.3 Å². The average Bonchev–Trinajstić information content (AvgIpc) is 2.72. The molecule has 0 heterocycles. The zero-order valence-corrected chi connectivity index (χ0v) is 20.3. The Bertz CT molecular complexity index is 892. The van der Waals surface area contributed by atoms with Gasteiger partial charge in [-0.15, -0.1) is 0 Å². The van der Waals surface area contributed by atoms with Crippen LogP contribution < -0.4 is 20.3 Å². The van der Waals surface area contributed by atoms with Crippen LogP contribution in [-0.2, 0) is 4.79 Å². The van der Waals surface area contributed by atoms with Crippen LogP contribution in [0.4, 0.5) is 20.6 Å². The molecule has 0 saturated heterocycles. The summed E-state index contributed by atoms with van der Waals surface area (Å²) in [6, 6.07) is 12.4. The predicted octanol–water partition coefficient (Wildman–Crippen LogP) is 5.84. The summed E-state index contributed by atoms with van der Waals surface area (Å²) in [6.07, 6.45) is 1.39.